The van der Waals surface area contributed by atoms with Gasteiger partial charge in [0, 0.05) is 18.8 Å². The lowest BCUT2D eigenvalue weighted by molar-refractivity contribution is 0.397. The predicted molar refractivity (Wildman–Crippen MR) is 62.0 cm³/mol. The van der Waals surface area contributed by atoms with Crippen molar-refractivity contribution in [3.05, 3.63) is 23.9 Å². The number of nitrogens with one attached hydrogen (secondary N) is 1. The highest BCUT2D eigenvalue weighted by Crippen LogP contribution is 2.06. The van der Waals surface area contributed by atoms with E-state index in [1.165, 1.54) is 24.8 Å². The van der Waals surface area contributed by atoms with Gasteiger partial charge in [-0.05, 0) is 18.5 Å². The number of hydrogen-bond donors (Lipinski definition) is 1. The maximum absolute atomic E-state index is 5.00. The number of ether oxygens (including phenoxy) is 1. The molecular weight excluding hydrogens is 188 g/mol. The normalized spacial score (nSPS) is 10.3. The summed E-state index contributed by atoms with van der Waals surface area (Å²) in [6, 6.07) is 3.93. The minimum atomic E-state index is 0.671. The Hall–Kier alpha value is -1.09. The molecule has 1 N–H and O–H groups in total. The van der Waals surface area contributed by atoms with Gasteiger partial charge in [-0.1, -0.05) is 25.8 Å². The fraction of sp³-hybridized carbons (Fsp3) is 0.583. The molecule has 0 spiro atoms. The van der Waals surface area contributed by atoms with E-state index < -0.39 is 0 Å². The highest BCUT2D eigenvalue weighted by molar-refractivity contribution is 5.17. The van der Waals surface area contributed by atoms with Gasteiger partial charge in [-0.2, -0.15) is 0 Å². The third-order valence-electron chi connectivity index (χ3n) is 2.29. The third kappa shape index (κ3) is 4.79. The summed E-state index contributed by atoms with van der Waals surface area (Å²) >= 11 is 0. The Labute approximate surface area is 91.9 Å². The number of hydrogen-bond acceptors (Lipinski definition) is 3. The molecule has 3 heteroatoms. The van der Waals surface area contributed by atoms with Crippen LogP contribution in [-0.4, -0.2) is 18.6 Å². The monoisotopic (exact) mass is 208 g/mol. The van der Waals surface area contributed by atoms with Gasteiger partial charge in [0.2, 0.25) is 5.88 Å². The summed E-state index contributed by atoms with van der Waals surface area (Å²) in [6.45, 7) is 4.19. The fourth-order valence-corrected chi connectivity index (χ4v) is 1.37. The van der Waals surface area contributed by atoms with Crippen molar-refractivity contribution in [1.29, 1.82) is 0 Å². The Morgan fingerprint density at radius 3 is 2.80 bits per heavy atom. The van der Waals surface area contributed by atoms with Crippen LogP contribution in [0, 0.1) is 0 Å². The molecule has 1 aromatic heterocycles. The topological polar surface area (TPSA) is 34.1 Å². The summed E-state index contributed by atoms with van der Waals surface area (Å²) in [4.78, 5) is 4.15. The number of nitrogens with zero attached hydrogens (tertiary/aromatic N) is 1. The molecule has 0 aliphatic heterocycles. The lowest BCUT2D eigenvalue weighted by Crippen LogP contribution is -2.14. The average molecular weight is 208 g/mol. The maximum atomic E-state index is 5.00. The summed E-state index contributed by atoms with van der Waals surface area (Å²) in [5, 5.41) is 3.39. The van der Waals surface area contributed by atoms with Crippen LogP contribution in [0.3, 0.4) is 0 Å². The van der Waals surface area contributed by atoms with Gasteiger partial charge in [-0.25, -0.2) is 4.98 Å². The molecule has 0 aromatic carbocycles. The fourth-order valence-electron chi connectivity index (χ4n) is 1.37. The van der Waals surface area contributed by atoms with Crippen molar-refractivity contribution in [2.45, 2.75) is 32.7 Å². The highest BCUT2D eigenvalue weighted by atomic mass is 16.5. The number of unbranched alkanes of at least 4 members (excludes halogenated alkanes) is 2. The van der Waals surface area contributed by atoms with E-state index in [4.69, 9.17) is 4.74 Å². The molecule has 0 bridgehead atoms. The summed E-state index contributed by atoms with van der Waals surface area (Å²) < 4.78 is 5.00. The lowest BCUT2D eigenvalue weighted by atomic mass is 10.2. The van der Waals surface area contributed by atoms with Crippen molar-refractivity contribution in [2.75, 3.05) is 13.7 Å². The number of aromatic nitrogens is 1. The number of rotatable bonds is 7. The zero-order chi connectivity index (χ0) is 10.9. The molecule has 0 atom stereocenters. The highest BCUT2D eigenvalue weighted by Gasteiger charge is 1.94. The van der Waals surface area contributed by atoms with E-state index >= 15 is 0 Å². The van der Waals surface area contributed by atoms with Crippen LogP contribution >= 0.6 is 0 Å². The molecule has 0 amide bonds. The molecule has 0 unspecified atom stereocenters. The summed E-state index contributed by atoms with van der Waals surface area (Å²) in [5.41, 5.74) is 1.20. The molecule has 0 fully saturated rings. The SMILES string of the molecule is CCCCCNCc1ccc(OC)nc1. The molecule has 84 valence electrons. The smallest absolute Gasteiger partial charge is 0.212 e. The van der Waals surface area contributed by atoms with Crippen molar-refractivity contribution in [1.82, 2.24) is 10.3 Å². The van der Waals surface area contributed by atoms with Gasteiger partial charge in [0.05, 0.1) is 7.11 Å². The van der Waals surface area contributed by atoms with Crippen LogP contribution < -0.4 is 10.1 Å². The summed E-state index contributed by atoms with van der Waals surface area (Å²) in [5.74, 6) is 0.671. The van der Waals surface area contributed by atoms with Crippen LogP contribution in [0.2, 0.25) is 0 Å². The first kappa shape index (κ1) is 12.0. The Kier molecular flexibility index (Phi) is 5.78. The Balaban J connectivity index is 2.20. The van der Waals surface area contributed by atoms with E-state index in [1.54, 1.807) is 7.11 Å². The molecular formula is C12H20N2O. The van der Waals surface area contributed by atoms with Crippen molar-refractivity contribution in [3.63, 3.8) is 0 Å². The Morgan fingerprint density at radius 2 is 2.20 bits per heavy atom. The van der Waals surface area contributed by atoms with Crippen LogP contribution in [0.5, 0.6) is 5.88 Å². The van der Waals surface area contributed by atoms with Crippen molar-refractivity contribution < 1.29 is 4.74 Å². The molecule has 0 aliphatic rings. The second-order valence-corrected chi connectivity index (χ2v) is 3.59. The zero-order valence-corrected chi connectivity index (χ0v) is 9.62. The standard InChI is InChI=1S/C12H20N2O/c1-3-4-5-8-13-9-11-6-7-12(15-2)14-10-11/h6-7,10,13H,3-5,8-9H2,1-2H3. The van der Waals surface area contributed by atoms with E-state index in [1.807, 2.05) is 18.3 Å². The van der Waals surface area contributed by atoms with Gasteiger partial charge in [0.1, 0.15) is 0 Å². The third-order valence-corrected chi connectivity index (χ3v) is 2.29. The van der Waals surface area contributed by atoms with Gasteiger partial charge in [-0.15, -0.1) is 0 Å². The predicted octanol–water partition coefficient (Wildman–Crippen LogP) is 2.37. The average Bonchev–Trinajstić information content (AvgIpc) is 2.30. The lowest BCUT2D eigenvalue weighted by Gasteiger charge is -2.04. The van der Waals surface area contributed by atoms with E-state index in [-0.39, 0.29) is 0 Å². The van der Waals surface area contributed by atoms with E-state index in [0.717, 1.165) is 13.1 Å². The van der Waals surface area contributed by atoms with Gasteiger partial charge >= 0.3 is 0 Å². The molecule has 0 saturated heterocycles. The van der Waals surface area contributed by atoms with E-state index in [2.05, 4.69) is 17.2 Å². The summed E-state index contributed by atoms with van der Waals surface area (Å²) in [6.07, 6.45) is 5.67. The van der Waals surface area contributed by atoms with Crippen molar-refractivity contribution in [3.8, 4) is 5.88 Å². The Morgan fingerprint density at radius 1 is 1.33 bits per heavy atom. The first-order chi connectivity index (χ1) is 7.36. The molecule has 1 heterocycles. The van der Waals surface area contributed by atoms with E-state index in [9.17, 15) is 0 Å². The Bertz CT molecular complexity index is 259. The largest absolute Gasteiger partial charge is 0.481 e. The first-order valence-electron chi connectivity index (χ1n) is 5.56. The quantitative estimate of drug-likeness (QED) is 0.698. The molecule has 0 saturated carbocycles. The van der Waals surface area contributed by atoms with Gasteiger partial charge in [0.25, 0.3) is 0 Å². The van der Waals surface area contributed by atoms with Crippen molar-refractivity contribution in [2.24, 2.45) is 0 Å². The van der Waals surface area contributed by atoms with Gasteiger partial charge in [0.15, 0.2) is 0 Å². The minimum Gasteiger partial charge on any atom is -0.481 e. The molecule has 1 aromatic rings. The van der Waals surface area contributed by atoms with Crippen LogP contribution in [0.1, 0.15) is 31.7 Å². The molecule has 3 nitrogen and oxygen atoms in total. The summed E-state index contributed by atoms with van der Waals surface area (Å²) in [7, 11) is 1.63. The number of pyridine rings is 1. The minimum absolute atomic E-state index is 0.671. The molecule has 15 heavy (non-hydrogen) atoms. The van der Waals surface area contributed by atoms with Crippen LogP contribution in [0.15, 0.2) is 18.3 Å². The van der Waals surface area contributed by atoms with Gasteiger partial charge in [-0.3, -0.25) is 0 Å². The second-order valence-electron chi connectivity index (χ2n) is 3.59. The van der Waals surface area contributed by atoms with E-state index in [0.29, 0.717) is 5.88 Å². The van der Waals surface area contributed by atoms with Crippen LogP contribution in [-0.2, 0) is 6.54 Å². The first-order valence-corrected chi connectivity index (χ1v) is 5.56. The van der Waals surface area contributed by atoms with Crippen LogP contribution in [0.25, 0.3) is 0 Å². The zero-order valence-electron chi connectivity index (χ0n) is 9.62. The molecule has 1 rings (SSSR count). The van der Waals surface area contributed by atoms with Crippen LogP contribution in [0.4, 0.5) is 0 Å². The van der Waals surface area contributed by atoms with Crippen molar-refractivity contribution >= 4 is 0 Å². The number of methoxy groups -OCH3 is 1. The molecule has 0 radical (unpaired) electrons. The second kappa shape index (κ2) is 7.23. The van der Waals surface area contributed by atoms with Gasteiger partial charge < -0.3 is 10.1 Å². The molecule has 0 aliphatic carbocycles. The maximum Gasteiger partial charge on any atom is 0.212 e.